The van der Waals surface area contributed by atoms with Crippen LogP contribution in [0.25, 0.3) is 0 Å². The highest BCUT2D eigenvalue weighted by molar-refractivity contribution is 8.00. The van der Waals surface area contributed by atoms with Gasteiger partial charge in [-0.3, -0.25) is 23.7 Å². The molecule has 4 heterocycles. The number of phenols is 1. The van der Waals surface area contributed by atoms with Gasteiger partial charge in [0.2, 0.25) is 17.7 Å². The maximum absolute atomic E-state index is 13.9. The number of amides is 3. The topological polar surface area (TPSA) is 99.9 Å². The van der Waals surface area contributed by atoms with Crippen LogP contribution in [0.3, 0.4) is 0 Å². The lowest BCUT2D eigenvalue weighted by Crippen LogP contribution is -2.39. The monoisotopic (exact) mass is 549 g/mol. The molecule has 3 aliphatic rings. The second-order valence-corrected chi connectivity index (χ2v) is 12.1. The first-order valence-electron chi connectivity index (χ1n) is 12.8. The van der Waals surface area contributed by atoms with Crippen LogP contribution in [0.4, 0.5) is 5.69 Å². The Morgan fingerprint density at radius 3 is 2.39 bits per heavy atom. The van der Waals surface area contributed by atoms with Gasteiger partial charge in [-0.1, -0.05) is 59.0 Å². The Kier molecular flexibility index (Phi) is 6.39. The zero-order chi connectivity index (χ0) is 26.6. The number of hydrogen-bond acceptors (Lipinski definition) is 7. The van der Waals surface area contributed by atoms with Crippen LogP contribution in [-0.2, 0) is 20.9 Å². The van der Waals surface area contributed by atoms with Crippen LogP contribution in [0.2, 0.25) is 0 Å². The first kappa shape index (κ1) is 24.9. The molecule has 6 rings (SSSR count). The van der Waals surface area contributed by atoms with Gasteiger partial charge in [-0.05, 0) is 44.4 Å². The van der Waals surface area contributed by atoms with E-state index in [2.05, 4.69) is 0 Å². The fraction of sp³-hybridized carbons (Fsp3) is 0.357. The molecule has 2 saturated heterocycles. The number of piperidine rings is 1. The number of anilines is 1. The number of aromatic hydroxyl groups is 1. The van der Waals surface area contributed by atoms with E-state index in [0.29, 0.717) is 34.2 Å². The van der Waals surface area contributed by atoms with Crippen molar-refractivity contribution in [2.45, 2.75) is 48.9 Å². The summed E-state index contributed by atoms with van der Waals surface area (Å²) in [6, 6.07) is 14.0. The number of phenolic OH excluding ortho intramolecular Hbond substituents is 1. The summed E-state index contributed by atoms with van der Waals surface area (Å²) in [4.78, 5) is 57.3. The molecule has 0 radical (unpaired) electrons. The van der Waals surface area contributed by atoms with E-state index in [1.54, 1.807) is 41.3 Å². The van der Waals surface area contributed by atoms with Gasteiger partial charge in [-0.15, -0.1) is 0 Å². The van der Waals surface area contributed by atoms with Gasteiger partial charge in [0.15, 0.2) is 0 Å². The molecule has 10 heteroatoms. The second-order valence-electron chi connectivity index (χ2n) is 10.0. The fourth-order valence-electron chi connectivity index (χ4n) is 5.67. The number of thioether (sulfide) groups is 1. The molecule has 2 unspecified atom stereocenters. The number of aryl methyl sites for hydroxylation is 1. The Balaban J connectivity index is 1.45. The molecule has 1 N–H and O–H groups in total. The SMILES string of the molecule is Cc1ccc(N2C(=O)C3Sc4c(sc(=O)n4CC(=O)N4CCCCC4)[C@@H](c4ccccc4O)C3C2=O)cc1. The number of rotatable bonds is 4. The zero-order valence-electron chi connectivity index (χ0n) is 20.8. The molecule has 196 valence electrons. The van der Waals surface area contributed by atoms with Crippen molar-refractivity contribution in [2.75, 3.05) is 18.0 Å². The number of hydrogen-bond donors (Lipinski definition) is 1. The summed E-state index contributed by atoms with van der Waals surface area (Å²) in [6.45, 7) is 3.18. The number of benzene rings is 2. The number of nitrogens with zero attached hydrogens (tertiary/aromatic N) is 3. The quantitative estimate of drug-likeness (QED) is 0.498. The molecule has 3 atom stereocenters. The molecule has 2 fully saturated rings. The summed E-state index contributed by atoms with van der Waals surface area (Å²) in [5.74, 6) is -2.31. The van der Waals surface area contributed by atoms with Gasteiger partial charge < -0.3 is 10.0 Å². The number of carbonyl (C=O) groups is 3. The number of para-hydroxylation sites is 1. The third-order valence-corrected chi connectivity index (χ3v) is 10.2. The molecule has 3 aliphatic heterocycles. The van der Waals surface area contributed by atoms with Crippen LogP contribution in [0, 0.1) is 12.8 Å². The van der Waals surface area contributed by atoms with Crippen LogP contribution >= 0.6 is 23.1 Å². The van der Waals surface area contributed by atoms with E-state index in [9.17, 15) is 24.3 Å². The molecule has 0 saturated carbocycles. The molecular weight excluding hydrogens is 522 g/mol. The van der Waals surface area contributed by atoms with Gasteiger partial charge in [-0.2, -0.15) is 0 Å². The maximum Gasteiger partial charge on any atom is 0.308 e. The second kappa shape index (κ2) is 9.74. The molecule has 2 aromatic carbocycles. The van der Waals surface area contributed by atoms with Crippen molar-refractivity contribution in [3.63, 3.8) is 0 Å². The third-order valence-electron chi connectivity index (χ3n) is 7.62. The predicted molar refractivity (Wildman–Crippen MR) is 146 cm³/mol. The van der Waals surface area contributed by atoms with Gasteiger partial charge in [0, 0.05) is 29.4 Å². The van der Waals surface area contributed by atoms with Crippen LogP contribution in [0.1, 0.15) is 41.2 Å². The van der Waals surface area contributed by atoms with Crippen molar-refractivity contribution in [1.29, 1.82) is 0 Å². The Hall–Kier alpha value is -3.37. The third kappa shape index (κ3) is 4.06. The molecule has 1 aromatic heterocycles. The Labute approximate surface area is 227 Å². The predicted octanol–water partition coefficient (Wildman–Crippen LogP) is 3.73. The Morgan fingerprint density at radius 1 is 0.974 bits per heavy atom. The Bertz CT molecular complexity index is 1490. The molecule has 0 bridgehead atoms. The van der Waals surface area contributed by atoms with E-state index < -0.39 is 17.1 Å². The normalized spacial score (nSPS) is 22.9. The lowest BCUT2D eigenvalue weighted by molar-refractivity contribution is -0.133. The average molecular weight is 550 g/mol. The van der Waals surface area contributed by atoms with Gasteiger partial charge in [0.05, 0.1) is 16.6 Å². The molecule has 8 nitrogen and oxygen atoms in total. The summed E-state index contributed by atoms with van der Waals surface area (Å²) < 4.78 is 1.46. The van der Waals surface area contributed by atoms with E-state index in [0.717, 1.165) is 36.2 Å². The van der Waals surface area contributed by atoms with E-state index in [4.69, 9.17) is 0 Å². The van der Waals surface area contributed by atoms with Crippen molar-refractivity contribution in [1.82, 2.24) is 9.47 Å². The first-order valence-corrected chi connectivity index (χ1v) is 14.4. The summed E-state index contributed by atoms with van der Waals surface area (Å²) >= 11 is 2.18. The van der Waals surface area contributed by atoms with Crippen molar-refractivity contribution in [2.24, 2.45) is 5.92 Å². The lowest BCUT2D eigenvalue weighted by atomic mass is 9.82. The highest BCUT2D eigenvalue weighted by Crippen LogP contribution is 2.55. The zero-order valence-corrected chi connectivity index (χ0v) is 22.5. The highest BCUT2D eigenvalue weighted by Gasteiger charge is 2.57. The first-order chi connectivity index (χ1) is 18.3. The van der Waals surface area contributed by atoms with E-state index in [1.807, 2.05) is 19.1 Å². The molecule has 0 spiro atoms. The van der Waals surface area contributed by atoms with Crippen molar-refractivity contribution >= 4 is 46.5 Å². The molecule has 38 heavy (non-hydrogen) atoms. The van der Waals surface area contributed by atoms with Gasteiger partial charge in [-0.25, -0.2) is 4.90 Å². The van der Waals surface area contributed by atoms with Crippen molar-refractivity contribution < 1.29 is 19.5 Å². The standard InChI is InChI=1S/C28H27N3O5S2/c1-16-9-11-17(12-10-16)31-25(34)22-21(18-7-3-4-8-19(18)32)24-27(37-23(22)26(31)35)30(28(36)38-24)15-20(33)29-13-5-2-6-14-29/h3-4,7-12,21-23,32H,2,5-6,13-15H2,1H3/t21-,22?,23?/m0/s1. The molecular formula is C28H27N3O5S2. The van der Waals surface area contributed by atoms with E-state index >= 15 is 0 Å². The molecule has 3 aromatic rings. The highest BCUT2D eigenvalue weighted by atomic mass is 32.2. The van der Waals surface area contributed by atoms with Crippen LogP contribution in [-0.4, -0.2) is 50.6 Å². The van der Waals surface area contributed by atoms with Crippen molar-refractivity contribution in [3.8, 4) is 5.75 Å². The number of aromatic nitrogens is 1. The van der Waals surface area contributed by atoms with Gasteiger partial charge in [0.25, 0.3) is 0 Å². The maximum atomic E-state index is 13.9. The minimum Gasteiger partial charge on any atom is -0.508 e. The van der Waals surface area contributed by atoms with Gasteiger partial charge >= 0.3 is 4.87 Å². The van der Waals surface area contributed by atoms with Gasteiger partial charge in [0.1, 0.15) is 17.5 Å². The minimum atomic E-state index is -0.793. The van der Waals surface area contributed by atoms with Crippen LogP contribution in [0.15, 0.2) is 58.4 Å². The Morgan fingerprint density at radius 2 is 1.68 bits per heavy atom. The van der Waals surface area contributed by atoms with E-state index in [-0.39, 0.29) is 34.9 Å². The fourth-order valence-corrected chi connectivity index (χ4v) is 8.43. The largest absolute Gasteiger partial charge is 0.508 e. The molecule has 0 aliphatic carbocycles. The van der Waals surface area contributed by atoms with Crippen LogP contribution in [0.5, 0.6) is 5.75 Å². The van der Waals surface area contributed by atoms with Crippen LogP contribution < -0.4 is 9.77 Å². The molecule has 3 amide bonds. The summed E-state index contributed by atoms with van der Waals surface area (Å²) in [7, 11) is 0. The average Bonchev–Trinajstić information content (AvgIpc) is 3.36. The smallest absolute Gasteiger partial charge is 0.308 e. The minimum absolute atomic E-state index is 0.0000676. The summed E-state index contributed by atoms with van der Waals surface area (Å²) in [5.41, 5.74) is 2.00. The number of carbonyl (C=O) groups excluding carboxylic acids is 3. The summed E-state index contributed by atoms with van der Waals surface area (Å²) in [5, 5.41) is 10.6. The van der Waals surface area contributed by atoms with E-state index in [1.165, 1.54) is 21.2 Å². The van der Waals surface area contributed by atoms with Crippen molar-refractivity contribution in [3.05, 3.63) is 74.2 Å². The summed E-state index contributed by atoms with van der Waals surface area (Å²) in [6.07, 6.45) is 2.98. The number of imide groups is 1. The number of likely N-dealkylation sites (tertiary alicyclic amines) is 1. The number of fused-ring (bicyclic) bond motifs is 2. The lowest BCUT2D eigenvalue weighted by Gasteiger charge is -2.31. The number of thiazole rings is 1.